The predicted octanol–water partition coefficient (Wildman–Crippen LogP) is 11.3. The van der Waals surface area contributed by atoms with Gasteiger partial charge >= 0.3 is 6.09 Å². The van der Waals surface area contributed by atoms with Gasteiger partial charge in [0.15, 0.2) is 17.7 Å². The zero-order valence-electron chi connectivity index (χ0n) is 36.4. The second-order valence-corrected chi connectivity index (χ2v) is 17.4. The van der Waals surface area contributed by atoms with Crippen molar-refractivity contribution in [3.05, 3.63) is 125 Å². The molecule has 0 radical (unpaired) electrons. The van der Waals surface area contributed by atoms with Gasteiger partial charge in [-0.3, -0.25) is 10.4 Å². The van der Waals surface area contributed by atoms with Gasteiger partial charge in [-0.05, 0) is 105 Å². The minimum absolute atomic E-state index is 0.0414. The number of nitrogens with one attached hydrogen (secondary N) is 2. The number of carbonyl (C=O) groups excluding carboxylic acids is 1. The number of carbonyl (C=O) groups is 1. The first kappa shape index (κ1) is 45.6. The van der Waals surface area contributed by atoms with E-state index in [1.807, 2.05) is 68.4 Å². The highest BCUT2D eigenvalue weighted by atomic mass is 32.2. The number of fused-ring (bicyclic) bond motifs is 1. The Hall–Kier alpha value is -5.96. The highest BCUT2D eigenvalue weighted by Gasteiger charge is 2.34. The standard InChI is InChI=1S/C48H59N7O6S/c1-6-9-10-11-12-19-31-60-48(56)49-39-26-24-38(25-27-39)46-50-47-45(36(5)51-55(47)52-46)54(43-29-28-40(32-35(43)4)53(8-3)30-7-2)44(61-57)34-42(33-37-20-15-13-16-21-37)62(58,59)41-22-17-14-18-23-41/h13-18,20-29,32-33,44,51,57H,6-12,19,30-31,34H2,1-5H3,(H,49,56)/b42-33-. The zero-order valence-corrected chi connectivity index (χ0v) is 37.2. The lowest BCUT2D eigenvalue weighted by molar-refractivity contribution is -0.275. The quantitative estimate of drug-likeness (QED) is 0.0260. The van der Waals surface area contributed by atoms with E-state index in [4.69, 9.17) is 19.7 Å². The highest BCUT2D eigenvalue weighted by Crippen LogP contribution is 2.40. The van der Waals surface area contributed by atoms with E-state index in [2.05, 4.69) is 42.2 Å². The molecule has 1 atom stereocenters. The number of H-pyrrole nitrogens is 1. The molecule has 0 bridgehead atoms. The molecule has 0 aliphatic rings. The van der Waals surface area contributed by atoms with Crippen LogP contribution in [-0.4, -0.2) is 65.5 Å². The molecule has 1 amide bonds. The number of aryl methyl sites for hydroxylation is 2. The lowest BCUT2D eigenvalue weighted by Crippen LogP contribution is -2.35. The normalized spacial score (nSPS) is 12.4. The molecule has 2 heterocycles. The molecule has 0 aliphatic heterocycles. The number of aromatic nitrogens is 4. The van der Waals surface area contributed by atoms with Crippen LogP contribution in [0.3, 0.4) is 0 Å². The van der Waals surface area contributed by atoms with Crippen molar-refractivity contribution in [2.24, 2.45) is 0 Å². The average molecular weight is 862 g/mol. The van der Waals surface area contributed by atoms with Gasteiger partial charge in [0.05, 0.1) is 22.1 Å². The molecule has 2 aromatic heterocycles. The third kappa shape index (κ3) is 11.1. The Bertz CT molecular complexity index is 2500. The zero-order chi connectivity index (χ0) is 44.1. The maximum absolute atomic E-state index is 14.4. The number of sulfone groups is 1. The number of unbranched alkanes of at least 4 members (excludes halogenated alkanes) is 5. The van der Waals surface area contributed by atoms with E-state index >= 15 is 0 Å². The number of aromatic amines is 1. The lowest BCUT2D eigenvalue weighted by Gasteiger charge is -2.33. The maximum Gasteiger partial charge on any atom is 0.411 e. The van der Waals surface area contributed by atoms with Crippen molar-refractivity contribution < 1.29 is 28.1 Å². The summed E-state index contributed by atoms with van der Waals surface area (Å²) in [5.41, 5.74) is 6.11. The third-order valence-electron chi connectivity index (χ3n) is 10.8. The van der Waals surface area contributed by atoms with Crippen molar-refractivity contribution >= 4 is 50.4 Å². The van der Waals surface area contributed by atoms with Crippen LogP contribution in [0.5, 0.6) is 0 Å². The van der Waals surface area contributed by atoms with Crippen molar-refractivity contribution in [2.45, 2.75) is 97.1 Å². The van der Waals surface area contributed by atoms with Gasteiger partial charge < -0.3 is 14.5 Å². The number of amides is 1. The smallest absolute Gasteiger partial charge is 0.411 e. The van der Waals surface area contributed by atoms with E-state index in [1.54, 1.807) is 58.1 Å². The van der Waals surface area contributed by atoms with Crippen LogP contribution < -0.4 is 15.1 Å². The van der Waals surface area contributed by atoms with Crippen LogP contribution in [-0.2, 0) is 19.5 Å². The number of nitrogens with zero attached hydrogens (tertiary/aromatic N) is 5. The molecule has 0 saturated heterocycles. The number of hydrogen-bond donors (Lipinski definition) is 3. The Morgan fingerprint density at radius 3 is 2.24 bits per heavy atom. The van der Waals surface area contributed by atoms with Crippen LogP contribution in [0.2, 0.25) is 0 Å². The van der Waals surface area contributed by atoms with Crippen molar-refractivity contribution in [3.63, 3.8) is 0 Å². The minimum Gasteiger partial charge on any atom is -0.449 e. The molecular formula is C48H59N7O6S. The number of anilines is 4. The summed E-state index contributed by atoms with van der Waals surface area (Å²) >= 11 is 0. The van der Waals surface area contributed by atoms with Gasteiger partial charge in [0, 0.05) is 42.1 Å². The van der Waals surface area contributed by atoms with Crippen molar-refractivity contribution in [3.8, 4) is 11.4 Å². The summed E-state index contributed by atoms with van der Waals surface area (Å²) in [7, 11) is -4.07. The summed E-state index contributed by atoms with van der Waals surface area (Å²) in [6.07, 6.45) is 7.22. The van der Waals surface area contributed by atoms with Crippen molar-refractivity contribution in [1.29, 1.82) is 0 Å². The van der Waals surface area contributed by atoms with Gasteiger partial charge in [-0.15, -0.1) is 5.10 Å². The predicted molar refractivity (Wildman–Crippen MR) is 248 cm³/mol. The van der Waals surface area contributed by atoms with Crippen molar-refractivity contribution in [2.75, 3.05) is 34.8 Å². The Labute approximate surface area is 365 Å². The fourth-order valence-electron chi connectivity index (χ4n) is 7.58. The summed E-state index contributed by atoms with van der Waals surface area (Å²) in [6.45, 7) is 12.4. The van der Waals surface area contributed by atoms with Gasteiger partial charge in [0.1, 0.15) is 5.69 Å². The van der Waals surface area contributed by atoms with Gasteiger partial charge in [-0.25, -0.2) is 28.3 Å². The summed E-state index contributed by atoms with van der Waals surface area (Å²) < 4.78 is 35.8. The molecule has 0 fully saturated rings. The number of ether oxygens (including phenoxy) is 1. The fourth-order valence-corrected chi connectivity index (χ4v) is 9.05. The van der Waals surface area contributed by atoms with E-state index < -0.39 is 22.2 Å². The van der Waals surface area contributed by atoms with Gasteiger partial charge in [-0.1, -0.05) is 94.5 Å². The monoisotopic (exact) mass is 861 g/mol. The molecule has 3 N–H and O–H groups in total. The van der Waals surface area contributed by atoms with Crippen LogP contribution in [0.4, 0.5) is 27.5 Å². The molecule has 14 heteroatoms. The summed E-state index contributed by atoms with van der Waals surface area (Å²) in [5, 5.41) is 21.8. The van der Waals surface area contributed by atoms with Crippen LogP contribution >= 0.6 is 0 Å². The lowest BCUT2D eigenvalue weighted by atomic mass is 10.1. The Morgan fingerprint density at radius 1 is 0.887 bits per heavy atom. The van der Waals surface area contributed by atoms with E-state index in [0.717, 1.165) is 50.0 Å². The number of hydrogen-bond acceptors (Lipinski definition) is 10. The largest absolute Gasteiger partial charge is 0.449 e. The van der Waals surface area contributed by atoms with E-state index in [-0.39, 0.29) is 16.2 Å². The SMILES string of the molecule is CCCCCCCCOC(=O)Nc1ccc(-c2nc3c(N(c4ccc(N(CC)CCC)cc4C)C(C/C(=C/c4ccccc4)S(=O)(=O)c4ccccc4)OO)c(C)[nH]n3n2)cc1. The first-order valence-electron chi connectivity index (χ1n) is 21.6. The Morgan fingerprint density at radius 2 is 1.58 bits per heavy atom. The second kappa shape index (κ2) is 21.7. The fraction of sp³-hybridized carbons (Fsp3) is 0.354. The number of rotatable bonds is 22. The number of benzene rings is 4. The van der Waals surface area contributed by atoms with E-state index in [1.165, 1.54) is 19.3 Å². The summed E-state index contributed by atoms with van der Waals surface area (Å²) in [5.74, 6) is 0.401. The molecular weight excluding hydrogens is 803 g/mol. The molecule has 62 heavy (non-hydrogen) atoms. The molecule has 6 rings (SSSR count). The third-order valence-corrected chi connectivity index (χ3v) is 12.7. The van der Waals surface area contributed by atoms with Gasteiger partial charge in [-0.2, -0.15) is 4.63 Å². The first-order valence-corrected chi connectivity index (χ1v) is 23.1. The minimum atomic E-state index is -4.07. The molecule has 328 valence electrons. The summed E-state index contributed by atoms with van der Waals surface area (Å²) in [6, 6.07) is 30.7. The summed E-state index contributed by atoms with van der Waals surface area (Å²) in [4.78, 5) is 27.1. The molecule has 4 aromatic carbocycles. The molecule has 0 saturated carbocycles. The van der Waals surface area contributed by atoms with Gasteiger partial charge in [0.2, 0.25) is 9.84 Å². The maximum atomic E-state index is 14.4. The second-order valence-electron chi connectivity index (χ2n) is 15.4. The van der Waals surface area contributed by atoms with Gasteiger partial charge in [0.25, 0.3) is 0 Å². The first-order chi connectivity index (χ1) is 30.1. The van der Waals surface area contributed by atoms with E-state index in [0.29, 0.717) is 52.0 Å². The Balaban J connectivity index is 1.36. The van der Waals surface area contributed by atoms with E-state index in [9.17, 15) is 18.5 Å². The van der Waals surface area contributed by atoms with Crippen molar-refractivity contribution in [1.82, 2.24) is 19.8 Å². The molecule has 6 aromatic rings. The molecule has 1 unspecified atom stereocenters. The highest BCUT2D eigenvalue weighted by molar-refractivity contribution is 7.95. The molecule has 13 nitrogen and oxygen atoms in total. The average Bonchev–Trinajstić information content (AvgIpc) is 3.82. The molecule has 0 aliphatic carbocycles. The van der Waals surface area contributed by atoms with Crippen LogP contribution in [0.15, 0.2) is 113 Å². The molecule has 0 spiro atoms. The van der Waals surface area contributed by atoms with Crippen LogP contribution in [0, 0.1) is 13.8 Å². The van der Waals surface area contributed by atoms with Crippen LogP contribution in [0.1, 0.15) is 89.0 Å². The Kier molecular flexibility index (Phi) is 16.0. The van der Waals surface area contributed by atoms with Crippen LogP contribution in [0.25, 0.3) is 23.1 Å². The topological polar surface area (TPSA) is 154 Å².